The maximum Gasteiger partial charge on any atom is 0.133 e. The zero-order valence-corrected chi connectivity index (χ0v) is 14.5. The molecule has 0 fully saturated rings. The second-order valence-corrected chi connectivity index (χ2v) is 7.02. The Hall–Kier alpha value is -0.610. The van der Waals surface area contributed by atoms with Gasteiger partial charge in [-0.2, -0.15) is 0 Å². The van der Waals surface area contributed by atoms with Crippen LogP contribution in [0.3, 0.4) is 0 Å². The average Bonchev–Trinajstić information content (AvgIpc) is 2.34. The van der Waals surface area contributed by atoms with Gasteiger partial charge in [0, 0.05) is 41.4 Å². The van der Waals surface area contributed by atoms with E-state index < -0.39 is 0 Å². The van der Waals surface area contributed by atoms with Crippen LogP contribution in [0, 0.1) is 0 Å². The zero-order chi connectivity index (χ0) is 14.6. The number of rotatable bonds is 5. The molecule has 0 radical (unpaired) electrons. The fraction of sp³-hybridized carbons (Fsp3) is 0.667. The van der Waals surface area contributed by atoms with E-state index in [1.165, 1.54) is 5.56 Å². The molecule has 0 aromatic carbocycles. The fourth-order valence-corrected chi connectivity index (χ4v) is 2.14. The predicted molar refractivity (Wildman–Crippen MR) is 86.7 cm³/mol. The van der Waals surface area contributed by atoms with Crippen molar-refractivity contribution in [2.24, 2.45) is 0 Å². The monoisotopic (exact) mass is 327 g/mol. The Kier molecular flexibility index (Phi) is 5.81. The summed E-state index contributed by atoms with van der Waals surface area (Å²) >= 11 is 3.51. The third-order valence-electron chi connectivity index (χ3n) is 3.30. The summed E-state index contributed by atoms with van der Waals surface area (Å²) in [4.78, 5) is 6.84. The Labute approximate surface area is 125 Å². The van der Waals surface area contributed by atoms with Crippen molar-refractivity contribution in [3.05, 3.63) is 22.3 Å². The van der Waals surface area contributed by atoms with Crippen LogP contribution in [0.15, 0.2) is 16.7 Å². The summed E-state index contributed by atoms with van der Waals surface area (Å²) in [5.41, 5.74) is 1.33. The molecule has 19 heavy (non-hydrogen) atoms. The molecule has 1 aromatic heterocycles. The van der Waals surface area contributed by atoms with Crippen LogP contribution in [0.4, 0.5) is 5.82 Å². The molecule has 0 saturated heterocycles. The topological polar surface area (TPSA) is 28.2 Å². The maximum absolute atomic E-state index is 4.59. The highest BCUT2D eigenvalue weighted by Crippen LogP contribution is 2.23. The van der Waals surface area contributed by atoms with Gasteiger partial charge in [-0.3, -0.25) is 0 Å². The lowest BCUT2D eigenvalue weighted by Crippen LogP contribution is -2.36. The van der Waals surface area contributed by atoms with Gasteiger partial charge in [-0.1, -0.05) is 6.92 Å². The van der Waals surface area contributed by atoms with Gasteiger partial charge in [0.25, 0.3) is 0 Å². The molecular weight excluding hydrogens is 302 g/mol. The summed E-state index contributed by atoms with van der Waals surface area (Å²) < 4.78 is 1.03. The first-order chi connectivity index (χ1) is 8.74. The first-order valence-electron chi connectivity index (χ1n) is 6.87. The number of anilines is 1. The van der Waals surface area contributed by atoms with Gasteiger partial charge in [0.05, 0.1) is 0 Å². The summed E-state index contributed by atoms with van der Waals surface area (Å²) in [6, 6.07) is 2.64. The molecule has 3 nitrogen and oxygen atoms in total. The molecule has 108 valence electrons. The second-order valence-electron chi connectivity index (χ2n) is 6.11. The molecule has 1 aromatic rings. The van der Waals surface area contributed by atoms with Crippen molar-refractivity contribution < 1.29 is 0 Å². The number of pyridine rings is 1. The molecule has 1 rings (SSSR count). The van der Waals surface area contributed by atoms with E-state index in [2.05, 4.69) is 78.9 Å². The maximum atomic E-state index is 4.59. The number of halogens is 1. The van der Waals surface area contributed by atoms with Gasteiger partial charge in [0.2, 0.25) is 0 Å². The third-order valence-corrected chi connectivity index (χ3v) is 3.74. The molecule has 1 atom stereocenters. The summed E-state index contributed by atoms with van der Waals surface area (Å²) in [6.45, 7) is 11.8. The van der Waals surface area contributed by atoms with Crippen LogP contribution in [0.25, 0.3) is 0 Å². The quantitative estimate of drug-likeness (QED) is 0.886. The molecule has 0 amide bonds. The van der Waals surface area contributed by atoms with Crippen molar-refractivity contribution in [2.75, 3.05) is 11.9 Å². The summed E-state index contributed by atoms with van der Waals surface area (Å²) in [6.07, 6.45) is 2.98. The fourth-order valence-electron chi connectivity index (χ4n) is 1.76. The van der Waals surface area contributed by atoms with Gasteiger partial charge in [-0.15, -0.1) is 0 Å². The van der Waals surface area contributed by atoms with Gasteiger partial charge >= 0.3 is 0 Å². The van der Waals surface area contributed by atoms with E-state index in [1.54, 1.807) is 0 Å². The summed E-state index contributed by atoms with van der Waals surface area (Å²) in [5.74, 6) is 1.06. The number of nitrogens with one attached hydrogen (secondary N) is 1. The average molecular weight is 328 g/mol. The van der Waals surface area contributed by atoms with Crippen LogP contribution in [-0.2, 0) is 6.54 Å². The second kappa shape index (κ2) is 6.71. The molecule has 0 aliphatic rings. The molecule has 0 spiro atoms. The van der Waals surface area contributed by atoms with E-state index in [0.29, 0.717) is 6.04 Å². The van der Waals surface area contributed by atoms with Crippen LogP contribution >= 0.6 is 15.9 Å². The number of hydrogen-bond acceptors (Lipinski definition) is 3. The predicted octanol–water partition coefficient (Wildman–Crippen LogP) is 3.97. The van der Waals surface area contributed by atoms with Crippen LogP contribution in [0.5, 0.6) is 0 Å². The minimum atomic E-state index is 0.106. The minimum Gasteiger partial charge on any atom is -0.357 e. The molecule has 4 heteroatoms. The van der Waals surface area contributed by atoms with Crippen LogP contribution in [0.2, 0.25) is 0 Å². The molecule has 0 aliphatic heterocycles. The molecule has 1 unspecified atom stereocenters. The van der Waals surface area contributed by atoms with Gasteiger partial charge in [-0.05, 0) is 56.1 Å². The Morgan fingerprint density at radius 3 is 2.58 bits per heavy atom. The van der Waals surface area contributed by atoms with Crippen molar-refractivity contribution in [1.82, 2.24) is 10.3 Å². The molecule has 1 heterocycles. The SMILES string of the molecule is CCC(C)N(C)c1ncc(Br)cc1CNC(C)(C)C. The van der Waals surface area contributed by atoms with Crippen molar-refractivity contribution >= 4 is 21.7 Å². The first-order valence-corrected chi connectivity index (χ1v) is 7.66. The Morgan fingerprint density at radius 2 is 2.05 bits per heavy atom. The highest BCUT2D eigenvalue weighted by atomic mass is 79.9. The Morgan fingerprint density at radius 1 is 1.42 bits per heavy atom. The van der Waals surface area contributed by atoms with Crippen molar-refractivity contribution in [2.45, 2.75) is 59.2 Å². The molecule has 0 bridgehead atoms. The smallest absolute Gasteiger partial charge is 0.133 e. The van der Waals surface area contributed by atoms with E-state index in [9.17, 15) is 0 Å². The van der Waals surface area contributed by atoms with Crippen LogP contribution in [-0.4, -0.2) is 23.6 Å². The van der Waals surface area contributed by atoms with Crippen LogP contribution in [0.1, 0.15) is 46.6 Å². The molecule has 0 saturated carbocycles. The highest BCUT2D eigenvalue weighted by Gasteiger charge is 2.16. The van der Waals surface area contributed by atoms with Gasteiger partial charge in [0.15, 0.2) is 0 Å². The largest absolute Gasteiger partial charge is 0.357 e. The van der Waals surface area contributed by atoms with E-state index >= 15 is 0 Å². The van der Waals surface area contributed by atoms with E-state index in [-0.39, 0.29) is 5.54 Å². The lowest BCUT2D eigenvalue weighted by molar-refractivity contribution is 0.423. The Balaban J connectivity index is 2.97. The normalized spacial score (nSPS) is 13.4. The minimum absolute atomic E-state index is 0.106. The summed E-state index contributed by atoms with van der Waals surface area (Å²) in [5, 5.41) is 3.53. The number of aromatic nitrogens is 1. The van der Waals surface area contributed by atoms with Gasteiger partial charge < -0.3 is 10.2 Å². The lowest BCUT2D eigenvalue weighted by Gasteiger charge is -2.28. The standard InChI is InChI=1S/C15H26BrN3/c1-7-11(2)19(6)14-12(8-13(16)10-17-14)9-18-15(3,4)5/h8,10-11,18H,7,9H2,1-6H3. The Bertz CT molecular complexity index is 412. The third kappa shape index (κ3) is 5.11. The van der Waals surface area contributed by atoms with Crippen molar-refractivity contribution in [3.63, 3.8) is 0 Å². The van der Waals surface area contributed by atoms with Crippen molar-refractivity contribution in [3.8, 4) is 0 Å². The summed E-state index contributed by atoms with van der Waals surface area (Å²) in [7, 11) is 2.12. The zero-order valence-electron chi connectivity index (χ0n) is 12.9. The van der Waals surface area contributed by atoms with E-state index in [0.717, 1.165) is 23.3 Å². The van der Waals surface area contributed by atoms with Crippen molar-refractivity contribution in [1.29, 1.82) is 0 Å². The highest BCUT2D eigenvalue weighted by molar-refractivity contribution is 9.10. The number of hydrogen-bond donors (Lipinski definition) is 1. The van der Waals surface area contributed by atoms with E-state index in [4.69, 9.17) is 0 Å². The first kappa shape index (κ1) is 16.4. The van der Waals surface area contributed by atoms with Crippen LogP contribution < -0.4 is 10.2 Å². The van der Waals surface area contributed by atoms with Gasteiger partial charge in [-0.25, -0.2) is 4.98 Å². The molecule has 0 aliphatic carbocycles. The van der Waals surface area contributed by atoms with E-state index in [1.807, 2.05) is 6.20 Å². The number of nitrogens with zero attached hydrogens (tertiary/aromatic N) is 2. The molecule has 1 N–H and O–H groups in total. The lowest BCUT2D eigenvalue weighted by atomic mass is 10.1. The van der Waals surface area contributed by atoms with Gasteiger partial charge in [0.1, 0.15) is 5.82 Å². The molecular formula is C15H26BrN3.